The molecule has 0 spiro atoms. The van der Waals surface area contributed by atoms with Gasteiger partial charge in [0.25, 0.3) is 0 Å². The van der Waals surface area contributed by atoms with Crippen LogP contribution in [-0.4, -0.2) is 11.9 Å². The molecule has 2 nitrogen and oxygen atoms in total. The number of carbonyl (C=O) groups excluding carboxylic acids is 1. The molecule has 4 bridgehead atoms. The van der Waals surface area contributed by atoms with E-state index < -0.39 is 0 Å². The molecule has 0 unspecified atom stereocenters. The van der Waals surface area contributed by atoms with Crippen molar-refractivity contribution in [2.75, 3.05) is 0 Å². The first-order valence-electron chi connectivity index (χ1n) is 10.4. The zero-order valence-electron chi connectivity index (χ0n) is 15.7. The van der Waals surface area contributed by atoms with Crippen LogP contribution in [0.25, 0.3) is 10.8 Å². The van der Waals surface area contributed by atoms with E-state index in [9.17, 15) is 4.79 Å². The Kier molecular flexibility index (Phi) is 3.84. The molecule has 2 aromatic rings. The quantitative estimate of drug-likeness (QED) is 0.819. The van der Waals surface area contributed by atoms with Gasteiger partial charge in [0, 0.05) is 6.04 Å². The number of hydrogen-bond donors (Lipinski definition) is 1. The third kappa shape index (κ3) is 2.74. The Bertz CT molecular complexity index is 798. The van der Waals surface area contributed by atoms with Gasteiger partial charge in [-0.3, -0.25) is 4.79 Å². The molecule has 0 saturated heterocycles. The molecular weight excluding hydrogens is 318 g/mol. The lowest BCUT2D eigenvalue weighted by molar-refractivity contribution is -0.125. The van der Waals surface area contributed by atoms with Crippen LogP contribution >= 0.6 is 0 Å². The minimum atomic E-state index is 0.185. The maximum absolute atomic E-state index is 12.8. The Hall–Kier alpha value is -1.83. The molecule has 0 heterocycles. The standard InChI is InChI=1S/C24H29NO/c1-16(24-13-17-9-18(14-24)11-19(10-17)15-24)25-23(26)12-21-7-4-6-20-5-2-3-8-22(20)21/h2-8,16-19H,9-15H2,1H3,(H,25,26)/t16-,17?,18?,19?,24?/m1/s1. The van der Waals surface area contributed by atoms with Crippen LogP contribution in [0.2, 0.25) is 0 Å². The van der Waals surface area contributed by atoms with Crippen molar-refractivity contribution in [1.29, 1.82) is 0 Å². The average molecular weight is 348 g/mol. The third-order valence-corrected chi connectivity index (χ3v) is 7.61. The molecule has 4 aliphatic rings. The monoisotopic (exact) mass is 347 g/mol. The van der Waals surface area contributed by atoms with Crippen LogP contribution in [0.3, 0.4) is 0 Å². The van der Waals surface area contributed by atoms with Crippen molar-refractivity contribution in [3.05, 3.63) is 48.0 Å². The second kappa shape index (κ2) is 6.11. The van der Waals surface area contributed by atoms with E-state index in [1.54, 1.807) is 0 Å². The summed E-state index contributed by atoms with van der Waals surface area (Å²) in [5, 5.41) is 5.83. The van der Waals surface area contributed by atoms with Crippen molar-refractivity contribution < 1.29 is 4.79 Å². The highest BCUT2D eigenvalue weighted by Crippen LogP contribution is 2.61. The number of fused-ring (bicyclic) bond motifs is 1. The Morgan fingerprint density at radius 3 is 2.31 bits per heavy atom. The largest absolute Gasteiger partial charge is 0.353 e. The Labute approximate surface area is 156 Å². The van der Waals surface area contributed by atoms with Gasteiger partial charge in [-0.05, 0) is 85.0 Å². The van der Waals surface area contributed by atoms with Gasteiger partial charge < -0.3 is 5.32 Å². The molecule has 1 amide bonds. The molecular formula is C24H29NO. The topological polar surface area (TPSA) is 29.1 Å². The zero-order chi connectivity index (χ0) is 17.7. The minimum Gasteiger partial charge on any atom is -0.353 e. The highest BCUT2D eigenvalue weighted by atomic mass is 16.1. The summed E-state index contributed by atoms with van der Waals surface area (Å²) in [6.07, 6.45) is 8.87. The van der Waals surface area contributed by atoms with E-state index in [1.165, 1.54) is 49.3 Å². The van der Waals surface area contributed by atoms with Gasteiger partial charge >= 0.3 is 0 Å². The second-order valence-electron chi connectivity index (χ2n) is 9.38. The fraction of sp³-hybridized carbons (Fsp3) is 0.542. The van der Waals surface area contributed by atoms with E-state index >= 15 is 0 Å². The summed E-state index contributed by atoms with van der Waals surface area (Å²) in [5.41, 5.74) is 1.52. The Balaban J connectivity index is 1.31. The summed E-state index contributed by atoms with van der Waals surface area (Å²) < 4.78 is 0. The summed E-state index contributed by atoms with van der Waals surface area (Å²) in [7, 11) is 0. The van der Waals surface area contributed by atoms with Crippen molar-refractivity contribution in [1.82, 2.24) is 5.32 Å². The van der Waals surface area contributed by atoms with Crippen LogP contribution in [0.15, 0.2) is 42.5 Å². The van der Waals surface area contributed by atoms with Crippen LogP contribution in [0.1, 0.15) is 51.0 Å². The maximum Gasteiger partial charge on any atom is 0.224 e. The highest BCUT2D eigenvalue weighted by molar-refractivity contribution is 5.90. The summed E-state index contributed by atoms with van der Waals surface area (Å²) >= 11 is 0. The van der Waals surface area contributed by atoms with E-state index in [0.717, 1.165) is 23.3 Å². The van der Waals surface area contributed by atoms with E-state index in [1.807, 2.05) is 0 Å². The van der Waals surface area contributed by atoms with Crippen molar-refractivity contribution in [3.8, 4) is 0 Å². The summed E-state index contributed by atoms with van der Waals surface area (Å²) in [4.78, 5) is 12.8. The average Bonchev–Trinajstić information content (AvgIpc) is 2.61. The lowest BCUT2D eigenvalue weighted by Crippen LogP contribution is -2.56. The molecule has 136 valence electrons. The Morgan fingerprint density at radius 1 is 1.00 bits per heavy atom. The van der Waals surface area contributed by atoms with Gasteiger partial charge in [0.1, 0.15) is 0 Å². The van der Waals surface area contributed by atoms with Gasteiger partial charge in [0.05, 0.1) is 6.42 Å². The molecule has 26 heavy (non-hydrogen) atoms. The smallest absolute Gasteiger partial charge is 0.224 e. The first kappa shape index (κ1) is 16.4. The molecule has 0 aliphatic heterocycles. The van der Waals surface area contributed by atoms with Crippen molar-refractivity contribution >= 4 is 16.7 Å². The van der Waals surface area contributed by atoms with Crippen LogP contribution in [0.4, 0.5) is 0 Å². The van der Waals surface area contributed by atoms with E-state index in [0.29, 0.717) is 17.9 Å². The molecule has 1 N–H and O–H groups in total. The third-order valence-electron chi connectivity index (χ3n) is 7.61. The molecule has 4 saturated carbocycles. The molecule has 4 fully saturated rings. The first-order chi connectivity index (χ1) is 12.6. The minimum absolute atomic E-state index is 0.185. The van der Waals surface area contributed by atoms with Gasteiger partial charge in [0.2, 0.25) is 5.91 Å². The van der Waals surface area contributed by atoms with Gasteiger partial charge in [0.15, 0.2) is 0 Å². The number of hydrogen-bond acceptors (Lipinski definition) is 1. The number of amides is 1. The molecule has 1 atom stereocenters. The predicted molar refractivity (Wildman–Crippen MR) is 106 cm³/mol. The fourth-order valence-electron chi connectivity index (χ4n) is 6.77. The number of carbonyl (C=O) groups is 1. The van der Waals surface area contributed by atoms with Crippen LogP contribution in [0.5, 0.6) is 0 Å². The van der Waals surface area contributed by atoms with E-state index in [2.05, 4.69) is 54.7 Å². The number of benzene rings is 2. The van der Waals surface area contributed by atoms with E-state index in [4.69, 9.17) is 0 Å². The van der Waals surface area contributed by atoms with Crippen LogP contribution < -0.4 is 5.32 Å². The molecule has 2 heteroatoms. The highest BCUT2D eigenvalue weighted by Gasteiger charge is 2.53. The Morgan fingerprint density at radius 2 is 1.62 bits per heavy atom. The lowest BCUT2D eigenvalue weighted by Gasteiger charge is -2.59. The van der Waals surface area contributed by atoms with E-state index in [-0.39, 0.29) is 5.91 Å². The number of rotatable bonds is 4. The summed E-state index contributed by atoms with van der Waals surface area (Å²) in [6, 6.07) is 14.9. The van der Waals surface area contributed by atoms with Gasteiger partial charge in [-0.15, -0.1) is 0 Å². The molecule has 4 aliphatic carbocycles. The lowest BCUT2D eigenvalue weighted by atomic mass is 9.48. The van der Waals surface area contributed by atoms with Crippen molar-refractivity contribution in [2.24, 2.45) is 23.2 Å². The second-order valence-corrected chi connectivity index (χ2v) is 9.38. The zero-order valence-corrected chi connectivity index (χ0v) is 15.7. The summed E-state index contributed by atoms with van der Waals surface area (Å²) in [5.74, 6) is 2.97. The normalized spacial score (nSPS) is 33.3. The number of nitrogens with one attached hydrogen (secondary N) is 1. The van der Waals surface area contributed by atoms with Crippen molar-refractivity contribution in [2.45, 2.75) is 57.9 Å². The predicted octanol–water partition coefficient (Wildman–Crippen LogP) is 5.10. The molecule has 2 aromatic carbocycles. The van der Waals surface area contributed by atoms with Gasteiger partial charge in [-0.25, -0.2) is 0 Å². The molecule has 6 rings (SSSR count). The SMILES string of the molecule is C[C@@H](NC(=O)Cc1cccc2ccccc12)C12CC3CC(CC(C3)C1)C2. The van der Waals surface area contributed by atoms with Crippen LogP contribution in [-0.2, 0) is 11.2 Å². The van der Waals surface area contributed by atoms with Crippen LogP contribution in [0, 0.1) is 23.2 Å². The summed E-state index contributed by atoms with van der Waals surface area (Å²) in [6.45, 7) is 2.27. The van der Waals surface area contributed by atoms with Gasteiger partial charge in [-0.1, -0.05) is 42.5 Å². The fourth-order valence-corrected chi connectivity index (χ4v) is 6.77. The first-order valence-corrected chi connectivity index (χ1v) is 10.4. The molecule has 0 radical (unpaired) electrons. The van der Waals surface area contributed by atoms with Crippen molar-refractivity contribution in [3.63, 3.8) is 0 Å². The maximum atomic E-state index is 12.8. The van der Waals surface area contributed by atoms with Gasteiger partial charge in [-0.2, -0.15) is 0 Å². The molecule has 0 aromatic heterocycles.